The van der Waals surface area contributed by atoms with Crippen molar-refractivity contribution in [2.45, 2.75) is 6.61 Å². The van der Waals surface area contributed by atoms with Gasteiger partial charge in [0.15, 0.2) is 0 Å². The van der Waals surface area contributed by atoms with Gasteiger partial charge in [0, 0.05) is 16.7 Å². The highest BCUT2D eigenvalue weighted by atomic mass is 16.5. The first-order chi connectivity index (χ1) is 10.1. The first-order valence-corrected chi connectivity index (χ1v) is 6.23. The number of nitrogens with one attached hydrogen (secondary N) is 1. The zero-order valence-electron chi connectivity index (χ0n) is 11.2. The zero-order chi connectivity index (χ0) is 15.2. The van der Waals surface area contributed by atoms with Gasteiger partial charge in [-0.05, 0) is 30.3 Å². The van der Waals surface area contributed by atoms with E-state index in [1.165, 1.54) is 0 Å². The van der Waals surface area contributed by atoms with E-state index in [-0.39, 0.29) is 12.5 Å². The number of hydrogen-bond acceptors (Lipinski definition) is 4. The third-order valence-corrected chi connectivity index (χ3v) is 2.93. The monoisotopic (exact) mass is 285 g/mol. The van der Waals surface area contributed by atoms with Crippen molar-refractivity contribution < 1.29 is 14.3 Å². The van der Waals surface area contributed by atoms with E-state index < -0.39 is 5.91 Å². The fraction of sp³-hybridized carbons (Fsp3) is 0.0667. The van der Waals surface area contributed by atoms with Crippen LogP contribution in [0.1, 0.15) is 26.3 Å². The lowest BCUT2D eigenvalue weighted by atomic mass is 10.1. The average Bonchev–Trinajstić information content (AvgIpc) is 2.52. The number of carbonyl (C=O) groups excluding carboxylic acids is 2. The van der Waals surface area contributed by atoms with Gasteiger partial charge in [0.05, 0.1) is 0 Å². The molecule has 0 aliphatic heterocycles. The average molecular weight is 285 g/mol. The van der Waals surface area contributed by atoms with E-state index in [0.717, 1.165) is 0 Å². The minimum absolute atomic E-state index is 0.208. The van der Waals surface area contributed by atoms with Crippen LogP contribution in [0.3, 0.4) is 0 Å². The fourth-order valence-electron chi connectivity index (χ4n) is 1.82. The van der Waals surface area contributed by atoms with E-state index >= 15 is 0 Å². The SMILES string of the molecule is NNC(=O)c1ccccc1COc1ccc(C(N)=O)cc1. The fourth-order valence-corrected chi connectivity index (χ4v) is 1.82. The Hall–Kier alpha value is -2.86. The van der Waals surface area contributed by atoms with Crippen molar-refractivity contribution in [1.82, 2.24) is 5.43 Å². The van der Waals surface area contributed by atoms with Crippen LogP contribution in [0.5, 0.6) is 5.75 Å². The smallest absolute Gasteiger partial charge is 0.265 e. The number of hydrazine groups is 1. The number of ether oxygens (including phenoxy) is 1. The molecule has 0 heterocycles. The molecule has 0 aliphatic rings. The summed E-state index contributed by atoms with van der Waals surface area (Å²) in [5.74, 6) is 4.84. The largest absolute Gasteiger partial charge is 0.489 e. The van der Waals surface area contributed by atoms with Crippen LogP contribution in [-0.2, 0) is 6.61 Å². The molecule has 2 amide bonds. The van der Waals surface area contributed by atoms with E-state index in [9.17, 15) is 9.59 Å². The Morgan fingerprint density at radius 2 is 1.71 bits per heavy atom. The first kappa shape index (κ1) is 14.5. The number of carbonyl (C=O) groups is 2. The van der Waals surface area contributed by atoms with Crippen LogP contribution >= 0.6 is 0 Å². The highest BCUT2D eigenvalue weighted by Gasteiger charge is 2.10. The Morgan fingerprint density at radius 1 is 1.05 bits per heavy atom. The Morgan fingerprint density at radius 3 is 2.33 bits per heavy atom. The third-order valence-electron chi connectivity index (χ3n) is 2.93. The summed E-state index contributed by atoms with van der Waals surface area (Å²) in [4.78, 5) is 22.6. The standard InChI is InChI=1S/C15H15N3O3/c16-14(19)10-5-7-12(8-6-10)21-9-11-3-1-2-4-13(11)15(20)18-17/h1-8H,9,17H2,(H2,16,19)(H,18,20). The molecule has 0 radical (unpaired) electrons. The zero-order valence-corrected chi connectivity index (χ0v) is 11.2. The second kappa shape index (κ2) is 6.53. The van der Waals surface area contributed by atoms with Gasteiger partial charge in [0.25, 0.3) is 5.91 Å². The van der Waals surface area contributed by atoms with Crippen molar-refractivity contribution in [3.63, 3.8) is 0 Å². The van der Waals surface area contributed by atoms with Crippen LogP contribution in [0.15, 0.2) is 48.5 Å². The quantitative estimate of drug-likeness (QED) is 0.432. The molecule has 0 bridgehead atoms. The molecule has 6 nitrogen and oxygen atoms in total. The van der Waals surface area contributed by atoms with Crippen LogP contribution in [0.4, 0.5) is 0 Å². The van der Waals surface area contributed by atoms with Gasteiger partial charge in [-0.25, -0.2) is 5.84 Å². The molecule has 21 heavy (non-hydrogen) atoms. The first-order valence-electron chi connectivity index (χ1n) is 6.23. The maximum Gasteiger partial charge on any atom is 0.265 e. The molecule has 0 fully saturated rings. The molecule has 0 atom stereocenters. The highest BCUT2D eigenvalue weighted by Crippen LogP contribution is 2.16. The molecule has 5 N–H and O–H groups in total. The van der Waals surface area contributed by atoms with E-state index in [1.807, 2.05) is 6.07 Å². The van der Waals surface area contributed by atoms with E-state index in [0.29, 0.717) is 22.4 Å². The van der Waals surface area contributed by atoms with Crippen molar-refractivity contribution in [2.75, 3.05) is 0 Å². The summed E-state index contributed by atoms with van der Waals surface area (Å²) >= 11 is 0. The molecule has 2 aromatic rings. The molecule has 0 saturated heterocycles. The summed E-state index contributed by atoms with van der Waals surface area (Å²) in [6.07, 6.45) is 0. The van der Waals surface area contributed by atoms with Gasteiger partial charge in [-0.15, -0.1) is 0 Å². The second-order valence-corrected chi connectivity index (χ2v) is 4.31. The maximum absolute atomic E-state index is 11.6. The van der Waals surface area contributed by atoms with Crippen LogP contribution in [0.25, 0.3) is 0 Å². The number of nitrogens with two attached hydrogens (primary N) is 2. The molecule has 0 saturated carbocycles. The lowest BCUT2D eigenvalue weighted by Gasteiger charge is -2.10. The molecular weight excluding hydrogens is 270 g/mol. The predicted molar refractivity (Wildman–Crippen MR) is 77.4 cm³/mol. The third kappa shape index (κ3) is 3.58. The Bertz CT molecular complexity index is 653. The Kier molecular flexibility index (Phi) is 4.53. The molecule has 0 aliphatic carbocycles. The summed E-state index contributed by atoms with van der Waals surface area (Å²) in [5, 5.41) is 0. The number of hydrogen-bond donors (Lipinski definition) is 3. The molecule has 0 spiro atoms. The minimum Gasteiger partial charge on any atom is -0.489 e. The van der Waals surface area contributed by atoms with E-state index in [4.69, 9.17) is 16.3 Å². The molecule has 0 aromatic heterocycles. The summed E-state index contributed by atoms with van der Waals surface area (Å²) in [7, 11) is 0. The number of amides is 2. The molecule has 2 aromatic carbocycles. The summed E-state index contributed by atoms with van der Waals surface area (Å²) in [6.45, 7) is 0.208. The highest BCUT2D eigenvalue weighted by molar-refractivity contribution is 5.95. The predicted octanol–water partition coefficient (Wildman–Crippen LogP) is 0.968. The number of primary amides is 1. The van der Waals surface area contributed by atoms with Crippen molar-refractivity contribution in [3.8, 4) is 5.75 Å². The molecule has 108 valence electrons. The van der Waals surface area contributed by atoms with Crippen LogP contribution in [0.2, 0.25) is 0 Å². The summed E-state index contributed by atoms with van der Waals surface area (Å²) in [6, 6.07) is 13.4. The van der Waals surface area contributed by atoms with Crippen molar-refractivity contribution in [1.29, 1.82) is 0 Å². The minimum atomic E-state index is -0.494. The number of benzene rings is 2. The van der Waals surface area contributed by atoms with Gasteiger partial charge in [-0.1, -0.05) is 18.2 Å². The normalized spacial score (nSPS) is 9.95. The number of rotatable bonds is 5. The lowest BCUT2D eigenvalue weighted by molar-refractivity contribution is 0.0949. The molecule has 0 unspecified atom stereocenters. The van der Waals surface area contributed by atoms with E-state index in [1.54, 1.807) is 42.5 Å². The molecular formula is C15H15N3O3. The van der Waals surface area contributed by atoms with Crippen molar-refractivity contribution >= 4 is 11.8 Å². The van der Waals surface area contributed by atoms with Gasteiger partial charge in [0.2, 0.25) is 5.91 Å². The Labute approximate surface area is 121 Å². The molecule has 2 rings (SSSR count). The summed E-state index contributed by atoms with van der Waals surface area (Å²) in [5.41, 5.74) is 8.82. The van der Waals surface area contributed by atoms with Crippen LogP contribution < -0.4 is 21.7 Å². The van der Waals surface area contributed by atoms with Gasteiger partial charge < -0.3 is 10.5 Å². The van der Waals surface area contributed by atoms with E-state index in [2.05, 4.69) is 5.43 Å². The van der Waals surface area contributed by atoms with Gasteiger partial charge >= 0.3 is 0 Å². The van der Waals surface area contributed by atoms with Gasteiger partial charge in [0.1, 0.15) is 12.4 Å². The second-order valence-electron chi connectivity index (χ2n) is 4.31. The number of nitrogen functional groups attached to an aromatic ring is 1. The van der Waals surface area contributed by atoms with Gasteiger partial charge in [-0.2, -0.15) is 0 Å². The van der Waals surface area contributed by atoms with Gasteiger partial charge in [-0.3, -0.25) is 15.0 Å². The van der Waals surface area contributed by atoms with Crippen molar-refractivity contribution in [3.05, 3.63) is 65.2 Å². The molecule has 6 heteroatoms. The lowest BCUT2D eigenvalue weighted by Crippen LogP contribution is -2.30. The Balaban J connectivity index is 2.09. The van der Waals surface area contributed by atoms with Crippen LogP contribution in [-0.4, -0.2) is 11.8 Å². The van der Waals surface area contributed by atoms with Crippen LogP contribution in [0, 0.1) is 0 Å². The topological polar surface area (TPSA) is 107 Å². The van der Waals surface area contributed by atoms with Crippen molar-refractivity contribution in [2.24, 2.45) is 11.6 Å². The summed E-state index contributed by atoms with van der Waals surface area (Å²) < 4.78 is 5.59. The maximum atomic E-state index is 11.6.